The van der Waals surface area contributed by atoms with Crippen LogP contribution in [0.25, 0.3) is 0 Å². The van der Waals surface area contributed by atoms with E-state index in [1.54, 1.807) is 0 Å². The van der Waals surface area contributed by atoms with Crippen LogP contribution in [-0.2, 0) is 4.79 Å². The molecule has 5 nitrogen and oxygen atoms in total. The summed E-state index contributed by atoms with van der Waals surface area (Å²) in [5, 5.41) is 7.12. The van der Waals surface area contributed by atoms with Gasteiger partial charge in [0.1, 0.15) is 0 Å². The van der Waals surface area contributed by atoms with Crippen molar-refractivity contribution >= 4 is 5.91 Å². The van der Waals surface area contributed by atoms with E-state index in [9.17, 15) is 4.79 Å². The fourth-order valence-electron chi connectivity index (χ4n) is 5.83. The molecule has 0 aliphatic rings. The van der Waals surface area contributed by atoms with Crippen LogP contribution in [0.5, 0.6) is 0 Å². The van der Waals surface area contributed by atoms with Gasteiger partial charge < -0.3 is 22.1 Å². The number of nitrogens with two attached hydrogens (primary N) is 2. The van der Waals surface area contributed by atoms with E-state index in [-0.39, 0.29) is 11.4 Å². The fraction of sp³-hybridized carbons (Fsp3) is 0.971. The predicted molar refractivity (Wildman–Crippen MR) is 173 cm³/mol. The maximum atomic E-state index is 12.5. The molecule has 6 N–H and O–H groups in total. The second-order valence-electron chi connectivity index (χ2n) is 12.3. The highest BCUT2D eigenvalue weighted by Gasteiger charge is 2.28. The molecule has 234 valence electrons. The fourth-order valence-corrected chi connectivity index (χ4v) is 5.83. The number of amides is 1. The van der Waals surface area contributed by atoms with Gasteiger partial charge in [-0.15, -0.1) is 0 Å². The molecule has 0 aliphatic carbocycles. The van der Waals surface area contributed by atoms with Crippen molar-refractivity contribution in [1.29, 1.82) is 0 Å². The number of carbonyl (C=O) groups is 1. The van der Waals surface area contributed by atoms with Gasteiger partial charge in [-0.05, 0) is 38.6 Å². The lowest BCUT2D eigenvalue weighted by molar-refractivity contribution is -0.122. The van der Waals surface area contributed by atoms with Crippen molar-refractivity contribution in [2.75, 3.05) is 19.6 Å². The molecular formula is C34H72N4O. The minimum Gasteiger partial charge on any atom is -0.353 e. The lowest BCUT2D eigenvalue weighted by Crippen LogP contribution is -2.49. The Bertz CT molecular complexity index is 497. The van der Waals surface area contributed by atoms with Gasteiger partial charge in [-0.3, -0.25) is 4.79 Å². The zero-order valence-corrected chi connectivity index (χ0v) is 26.9. The van der Waals surface area contributed by atoms with Crippen LogP contribution in [0.3, 0.4) is 0 Å². The Hall–Kier alpha value is -0.650. The van der Waals surface area contributed by atoms with Crippen LogP contribution in [0.4, 0.5) is 0 Å². The largest absolute Gasteiger partial charge is 0.353 e. The minimum absolute atomic E-state index is 0.0154. The van der Waals surface area contributed by atoms with Gasteiger partial charge in [0.05, 0.1) is 6.04 Å². The van der Waals surface area contributed by atoms with Crippen LogP contribution in [0.2, 0.25) is 0 Å². The first-order chi connectivity index (χ1) is 19.0. The zero-order chi connectivity index (χ0) is 28.9. The van der Waals surface area contributed by atoms with E-state index in [0.717, 1.165) is 19.4 Å². The Morgan fingerprint density at radius 1 is 0.590 bits per heavy atom. The van der Waals surface area contributed by atoms with Gasteiger partial charge in [0, 0.05) is 18.6 Å². The van der Waals surface area contributed by atoms with Crippen molar-refractivity contribution in [3.63, 3.8) is 0 Å². The van der Waals surface area contributed by atoms with Crippen molar-refractivity contribution in [3.8, 4) is 0 Å². The highest BCUT2D eigenvalue weighted by molar-refractivity contribution is 5.81. The Balaban J connectivity index is 4.97. The first kappa shape index (κ1) is 38.4. The normalized spacial score (nSPS) is 12.6. The van der Waals surface area contributed by atoms with Crippen LogP contribution < -0.4 is 22.1 Å². The molecule has 1 amide bonds. The molecule has 0 saturated heterocycles. The van der Waals surface area contributed by atoms with E-state index in [2.05, 4.69) is 31.4 Å². The molecule has 0 aromatic heterocycles. The number of hydrogen-bond acceptors (Lipinski definition) is 4. The molecule has 0 fully saturated rings. The third-order valence-electron chi connectivity index (χ3n) is 8.51. The Morgan fingerprint density at radius 3 is 1.41 bits per heavy atom. The van der Waals surface area contributed by atoms with Crippen LogP contribution >= 0.6 is 0 Å². The van der Waals surface area contributed by atoms with Gasteiger partial charge in [-0.1, -0.05) is 149 Å². The summed E-state index contributed by atoms with van der Waals surface area (Å²) < 4.78 is 0. The predicted octanol–water partition coefficient (Wildman–Crippen LogP) is 8.53. The molecule has 0 aromatic rings. The maximum Gasteiger partial charge on any atom is 0.236 e. The monoisotopic (exact) mass is 553 g/mol. The van der Waals surface area contributed by atoms with Crippen LogP contribution in [0.1, 0.15) is 181 Å². The highest BCUT2D eigenvalue weighted by atomic mass is 16.2. The summed E-state index contributed by atoms with van der Waals surface area (Å²) in [6, 6.07) is -0.416. The van der Waals surface area contributed by atoms with E-state index in [0.29, 0.717) is 19.5 Å². The van der Waals surface area contributed by atoms with E-state index >= 15 is 0 Å². The average Bonchev–Trinajstić information content (AvgIpc) is 2.94. The number of rotatable bonds is 31. The summed E-state index contributed by atoms with van der Waals surface area (Å²) in [6.07, 6.45) is 32.1. The van der Waals surface area contributed by atoms with Gasteiger partial charge in [0.2, 0.25) is 5.91 Å². The van der Waals surface area contributed by atoms with Gasteiger partial charge >= 0.3 is 0 Å². The molecule has 5 heteroatoms. The van der Waals surface area contributed by atoms with E-state index in [4.69, 9.17) is 11.5 Å². The SMILES string of the molecule is CCCCCCCCCC(CCCCCCCC)(CCCCCCCC)NCCNC(=O)[C@@H](N)CCCCN. The third-order valence-corrected chi connectivity index (χ3v) is 8.51. The van der Waals surface area contributed by atoms with E-state index in [1.807, 2.05) is 0 Å². The maximum absolute atomic E-state index is 12.5. The second kappa shape index (κ2) is 28.9. The molecule has 0 aliphatic heterocycles. The molecule has 0 heterocycles. The Morgan fingerprint density at radius 2 is 1.00 bits per heavy atom. The molecule has 0 saturated carbocycles. The van der Waals surface area contributed by atoms with E-state index in [1.165, 1.54) is 141 Å². The quantitative estimate of drug-likeness (QED) is 0.0648. The van der Waals surface area contributed by atoms with Crippen molar-refractivity contribution in [2.24, 2.45) is 11.5 Å². The lowest BCUT2D eigenvalue weighted by Gasteiger charge is -2.36. The first-order valence-corrected chi connectivity index (χ1v) is 17.5. The summed E-state index contributed by atoms with van der Waals surface area (Å²) >= 11 is 0. The van der Waals surface area contributed by atoms with Crippen molar-refractivity contribution in [3.05, 3.63) is 0 Å². The van der Waals surface area contributed by atoms with Gasteiger partial charge in [0.25, 0.3) is 0 Å². The summed E-state index contributed by atoms with van der Waals surface area (Å²) in [5.74, 6) is -0.0154. The topological polar surface area (TPSA) is 93.2 Å². The molecule has 39 heavy (non-hydrogen) atoms. The van der Waals surface area contributed by atoms with Crippen molar-refractivity contribution in [1.82, 2.24) is 10.6 Å². The summed E-state index contributed by atoms with van der Waals surface area (Å²) in [5.41, 5.74) is 11.9. The molecule has 0 spiro atoms. The van der Waals surface area contributed by atoms with Crippen LogP contribution in [-0.4, -0.2) is 37.1 Å². The average molecular weight is 553 g/mol. The Kier molecular flexibility index (Phi) is 28.4. The highest BCUT2D eigenvalue weighted by Crippen LogP contribution is 2.29. The number of hydrogen-bond donors (Lipinski definition) is 4. The molecule has 0 unspecified atom stereocenters. The smallest absolute Gasteiger partial charge is 0.236 e. The summed E-state index contributed by atoms with van der Waals surface area (Å²) in [6.45, 7) is 9.05. The third kappa shape index (κ3) is 23.7. The van der Waals surface area contributed by atoms with Crippen molar-refractivity contribution in [2.45, 2.75) is 193 Å². The Labute approximate surface area is 245 Å². The van der Waals surface area contributed by atoms with E-state index < -0.39 is 6.04 Å². The summed E-state index contributed by atoms with van der Waals surface area (Å²) in [4.78, 5) is 12.5. The molecule has 0 bridgehead atoms. The number of unbranched alkanes of at least 4 members (excludes halogenated alkanes) is 17. The standard InChI is InChI=1S/C34H72N4O/c1-4-7-10-13-16-19-23-28-34(26-21-17-14-11-8-5-2,27-22-18-15-12-9-6-3)38-31-30-37-33(39)32(36)25-20-24-29-35/h32,38H,4-31,35-36H2,1-3H3,(H,37,39)/t32-/m0/s1. The molecule has 0 radical (unpaired) electrons. The first-order valence-electron chi connectivity index (χ1n) is 17.5. The molecule has 0 rings (SSSR count). The second-order valence-corrected chi connectivity index (χ2v) is 12.3. The van der Waals surface area contributed by atoms with Crippen LogP contribution in [0, 0.1) is 0 Å². The molecule has 1 atom stereocenters. The van der Waals surface area contributed by atoms with Crippen LogP contribution in [0.15, 0.2) is 0 Å². The molecular weight excluding hydrogens is 480 g/mol. The molecule has 0 aromatic carbocycles. The zero-order valence-electron chi connectivity index (χ0n) is 26.9. The summed E-state index contributed by atoms with van der Waals surface area (Å²) in [7, 11) is 0. The van der Waals surface area contributed by atoms with Gasteiger partial charge in [0.15, 0.2) is 0 Å². The van der Waals surface area contributed by atoms with Gasteiger partial charge in [-0.25, -0.2) is 0 Å². The van der Waals surface area contributed by atoms with Crippen molar-refractivity contribution < 1.29 is 4.79 Å². The lowest BCUT2D eigenvalue weighted by atomic mass is 9.81. The number of nitrogens with one attached hydrogen (secondary N) is 2. The van der Waals surface area contributed by atoms with Gasteiger partial charge in [-0.2, -0.15) is 0 Å². The minimum atomic E-state index is -0.416. The number of carbonyl (C=O) groups excluding carboxylic acids is 1.